The minimum absolute atomic E-state index is 0.121. The normalized spacial score (nSPS) is 10.8. The van der Waals surface area contributed by atoms with Crippen LogP contribution >= 0.6 is 27.5 Å². The molecule has 30 heavy (non-hydrogen) atoms. The van der Waals surface area contributed by atoms with Crippen molar-refractivity contribution >= 4 is 39.7 Å². The van der Waals surface area contributed by atoms with Gasteiger partial charge >= 0.3 is 0 Å². The Balaban J connectivity index is 1.66. The molecule has 0 unspecified atom stereocenters. The minimum atomic E-state index is -0.441. The molecule has 0 saturated carbocycles. The Kier molecular flexibility index (Phi) is 7.82. The van der Waals surface area contributed by atoms with Crippen LogP contribution in [0.4, 0.5) is 0 Å². The Morgan fingerprint density at radius 3 is 2.70 bits per heavy atom. The van der Waals surface area contributed by atoms with Crippen LogP contribution < -0.4 is 14.9 Å². The molecular weight excluding hydrogens is 470 g/mol. The highest BCUT2D eigenvalue weighted by molar-refractivity contribution is 9.10. The summed E-state index contributed by atoms with van der Waals surface area (Å²) in [6, 6.07) is 16.6. The Morgan fingerprint density at radius 1 is 1.17 bits per heavy atom. The molecule has 154 valence electrons. The summed E-state index contributed by atoms with van der Waals surface area (Å²) in [6.07, 6.45) is 3.03. The zero-order valence-electron chi connectivity index (χ0n) is 16.1. The third-order valence-corrected chi connectivity index (χ3v) is 4.79. The SMILES string of the molecule is CCOc1cc(C=NNC(=O)c2cccnc2Cl)ccc1OCc1ccc(Br)cc1. The van der Waals surface area contributed by atoms with Crippen LogP contribution in [0.3, 0.4) is 0 Å². The van der Waals surface area contributed by atoms with Gasteiger partial charge in [0.25, 0.3) is 5.91 Å². The number of halogens is 2. The second kappa shape index (κ2) is 10.8. The number of amides is 1. The van der Waals surface area contributed by atoms with Crippen LogP contribution in [0.15, 0.2) is 70.4 Å². The molecule has 0 aliphatic heterocycles. The van der Waals surface area contributed by atoms with Gasteiger partial charge in [0.15, 0.2) is 11.5 Å². The predicted molar refractivity (Wildman–Crippen MR) is 120 cm³/mol. The Bertz CT molecular complexity index is 1040. The lowest BCUT2D eigenvalue weighted by Gasteiger charge is -2.12. The molecule has 0 fully saturated rings. The maximum Gasteiger partial charge on any atom is 0.274 e. The number of benzene rings is 2. The number of hydrogen-bond donors (Lipinski definition) is 1. The zero-order valence-corrected chi connectivity index (χ0v) is 18.5. The van der Waals surface area contributed by atoms with Gasteiger partial charge in [0, 0.05) is 10.7 Å². The van der Waals surface area contributed by atoms with Crippen molar-refractivity contribution in [3.05, 3.63) is 87.1 Å². The fraction of sp³-hybridized carbons (Fsp3) is 0.136. The first-order valence-electron chi connectivity index (χ1n) is 9.15. The van der Waals surface area contributed by atoms with Crippen molar-refractivity contribution in [1.29, 1.82) is 0 Å². The summed E-state index contributed by atoms with van der Waals surface area (Å²) in [5.41, 5.74) is 4.48. The predicted octanol–water partition coefficient (Wildman–Crippen LogP) is 5.24. The molecule has 1 heterocycles. The van der Waals surface area contributed by atoms with Crippen molar-refractivity contribution in [2.45, 2.75) is 13.5 Å². The number of carbonyl (C=O) groups excluding carboxylic acids is 1. The van der Waals surface area contributed by atoms with Crippen LogP contribution in [0.25, 0.3) is 0 Å². The second-order valence-electron chi connectivity index (χ2n) is 6.10. The highest BCUT2D eigenvalue weighted by atomic mass is 79.9. The van der Waals surface area contributed by atoms with Crippen LogP contribution in [0.2, 0.25) is 5.15 Å². The van der Waals surface area contributed by atoms with Crippen molar-refractivity contribution in [2.24, 2.45) is 5.10 Å². The molecule has 0 bridgehead atoms. The van der Waals surface area contributed by atoms with Crippen molar-refractivity contribution < 1.29 is 14.3 Å². The number of aromatic nitrogens is 1. The molecule has 6 nitrogen and oxygen atoms in total. The summed E-state index contributed by atoms with van der Waals surface area (Å²) in [4.78, 5) is 16.0. The first-order chi connectivity index (χ1) is 14.6. The average molecular weight is 489 g/mol. The van der Waals surface area contributed by atoms with Gasteiger partial charge in [-0.15, -0.1) is 0 Å². The minimum Gasteiger partial charge on any atom is -0.490 e. The van der Waals surface area contributed by atoms with Gasteiger partial charge in [0.2, 0.25) is 0 Å². The topological polar surface area (TPSA) is 72.8 Å². The molecule has 0 spiro atoms. The number of nitrogens with one attached hydrogen (secondary N) is 1. The van der Waals surface area contributed by atoms with Crippen LogP contribution in [0.1, 0.15) is 28.4 Å². The maximum absolute atomic E-state index is 12.1. The van der Waals surface area contributed by atoms with Crippen LogP contribution in [0, 0.1) is 0 Å². The van der Waals surface area contributed by atoms with Crippen LogP contribution in [-0.4, -0.2) is 23.7 Å². The van der Waals surface area contributed by atoms with E-state index in [1.807, 2.05) is 43.3 Å². The average Bonchev–Trinajstić information content (AvgIpc) is 2.75. The third-order valence-electron chi connectivity index (χ3n) is 3.96. The molecule has 0 aliphatic carbocycles. The number of hydrazone groups is 1. The number of ether oxygens (including phenoxy) is 2. The van der Waals surface area contributed by atoms with Crippen molar-refractivity contribution in [3.8, 4) is 11.5 Å². The first-order valence-corrected chi connectivity index (χ1v) is 10.3. The van der Waals surface area contributed by atoms with E-state index in [-0.39, 0.29) is 10.7 Å². The quantitative estimate of drug-likeness (QED) is 0.267. The van der Waals surface area contributed by atoms with Crippen molar-refractivity contribution in [2.75, 3.05) is 6.61 Å². The van der Waals surface area contributed by atoms with E-state index in [2.05, 4.69) is 31.4 Å². The monoisotopic (exact) mass is 487 g/mol. The van der Waals surface area contributed by atoms with Gasteiger partial charge < -0.3 is 9.47 Å². The van der Waals surface area contributed by atoms with E-state index in [0.29, 0.717) is 24.7 Å². The van der Waals surface area contributed by atoms with E-state index in [0.717, 1.165) is 15.6 Å². The lowest BCUT2D eigenvalue weighted by Crippen LogP contribution is -2.18. The van der Waals surface area contributed by atoms with E-state index >= 15 is 0 Å². The molecule has 8 heteroatoms. The van der Waals surface area contributed by atoms with Crippen molar-refractivity contribution in [1.82, 2.24) is 10.4 Å². The number of pyridine rings is 1. The Morgan fingerprint density at radius 2 is 1.97 bits per heavy atom. The highest BCUT2D eigenvalue weighted by Crippen LogP contribution is 2.29. The molecule has 0 saturated heterocycles. The summed E-state index contributed by atoms with van der Waals surface area (Å²) in [7, 11) is 0. The summed E-state index contributed by atoms with van der Waals surface area (Å²) < 4.78 is 12.6. The second-order valence-corrected chi connectivity index (χ2v) is 7.37. The molecule has 3 aromatic rings. The summed E-state index contributed by atoms with van der Waals surface area (Å²) in [6.45, 7) is 2.81. The van der Waals surface area contributed by atoms with Gasteiger partial charge in [-0.2, -0.15) is 5.10 Å². The van der Waals surface area contributed by atoms with Crippen LogP contribution in [-0.2, 0) is 6.61 Å². The van der Waals surface area contributed by atoms with E-state index in [1.165, 1.54) is 12.4 Å². The highest BCUT2D eigenvalue weighted by Gasteiger charge is 2.10. The maximum atomic E-state index is 12.1. The van der Waals surface area contributed by atoms with Crippen LogP contribution in [0.5, 0.6) is 11.5 Å². The number of carbonyl (C=O) groups is 1. The smallest absolute Gasteiger partial charge is 0.274 e. The molecule has 1 N–H and O–H groups in total. The standard InChI is InChI=1S/C22H19BrClN3O3/c1-2-29-20-12-16(13-26-27-22(28)18-4-3-11-25-21(18)24)7-10-19(20)30-14-15-5-8-17(23)9-6-15/h3-13H,2,14H2,1H3,(H,27,28). The van der Waals surface area contributed by atoms with E-state index in [4.69, 9.17) is 21.1 Å². The Labute approximate surface area is 188 Å². The molecule has 0 radical (unpaired) electrons. The van der Waals surface area contributed by atoms with Gasteiger partial charge in [-0.05, 0) is 60.5 Å². The molecule has 0 aliphatic rings. The third kappa shape index (κ3) is 6.05. The van der Waals surface area contributed by atoms with Crippen molar-refractivity contribution in [3.63, 3.8) is 0 Å². The molecule has 0 atom stereocenters. The van der Waals surface area contributed by atoms with Gasteiger partial charge in [-0.3, -0.25) is 4.79 Å². The molecular formula is C22H19BrClN3O3. The molecule has 1 amide bonds. The van der Waals surface area contributed by atoms with Gasteiger partial charge in [0.05, 0.1) is 18.4 Å². The zero-order chi connectivity index (χ0) is 21.3. The van der Waals surface area contributed by atoms with E-state index in [1.54, 1.807) is 18.2 Å². The lowest BCUT2D eigenvalue weighted by atomic mass is 10.2. The summed E-state index contributed by atoms with van der Waals surface area (Å²) in [5.74, 6) is 0.784. The van der Waals surface area contributed by atoms with E-state index in [9.17, 15) is 4.79 Å². The van der Waals surface area contributed by atoms with Gasteiger partial charge in [-0.25, -0.2) is 10.4 Å². The van der Waals surface area contributed by atoms with E-state index < -0.39 is 5.91 Å². The Hall–Kier alpha value is -2.90. The number of rotatable bonds is 8. The number of nitrogens with zero attached hydrogens (tertiary/aromatic N) is 2. The first kappa shape index (κ1) is 21.8. The fourth-order valence-corrected chi connectivity index (χ4v) is 2.98. The summed E-state index contributed by atoms with van der Waals surface area (Å²) in [5, 5.41) is 4.10. The summed E-state index contributed by atoms with van der Waals surface area (Å²) >= 11 is 9.33. The van der Waals surface area contributed by atoms with Gasteiger partial charge in [-0.1, -0.05) is 39.7 Å². The fourth-order valence-electron chi connectivity index (χ4n) is 2.52. The number of hydrogen-bond acceptors (Lipinski definition) is 5. The van der Waals surface area contributed by atoms with Gasteiger partial charge in [0.1, 0.15) is 11.8 Å². The molecule has 3 rings (SSSR count). The molecule has 1 aromatic heterocycles. The largest absolute Gasteiger partial charge is 0.490 e. The molecule has 2 aromatic carbocycles. The lowest BCUT2D eigenvalue weighted by molar-refractivity contribution is 0.0955.